The van der Waals surface area contributed by atoms with Gasteiger partial charge in [0.25, 0.3) is 0 Å². The number of imidazole rings is 1. The number of fused-ring (bicyclic) bond motifs is 1. The zero-order valence-electron chi connectivity index (χ0n) is 23.8. The molecule has 3 aromatic heterocycles. The molecule has 0 bridgehead atoms. The lowest BCUT2D eigenvalue weighted by atomic mass is 9.89. The quantitative estimate of drug-likeness (QED) is 0.342. The van der Waals surface area contributed by atoms with E-state index in [1.165, 1.54) is 22.6 Å². The Morgan fingerprint density at radius 3 is 2.58 bits per heavy atom. The third kappa shape index (κ3) is 5.10. The van der Waals surface area contributed by atoms with E-state index >= 15 is 8.78 Å². The number of ether oxygens (including phenoxy) is 2. The Balaban J connectivity index is 1.28. The molecular formula is C29H31F3N8O3. The van der Waals surface area contributed by atoms with Gasteiger partial charge in [0.15, 0.2) is 5.67 Å². The number of nitrogens with one attached hydrogen (secondary N) is 1. The van der Waals surface area contributed by atoms with E-state index < -0.39 is 23.4 Å². The van der Waals surface area contributed by atoms with Crippen LogP contribution in [0.25, 0.3) is 16.8 Å². The number of hydrogen-bond donors (Lipinski definition) is 2. The summed E-state index contributed by atoms with van der Waals surface area (Å²) in [4.78, 5) is 24.5. The molecule has 11 nitrogen and oxygen atoms in total. The summed E-state index contributed by atoms with van der Waals surface area (Å²) < 4.78 is 56.2. The minimum absolute atomic E-state index is 0.0101. The fraction of sp³-hybridized carbons (Fsp3) is 0.379. The zero-order valence-corrected chi connectivity index (χ0v) is 23.8. The predicted molar refractivity (Wildman–Crippen MR) is 153 cm³/mol. The first kappa shape index (κ1) is 28.7. The molecular weight excluding hydrogens is 565 g/mol. The first-order chi connectivity index (χ1) is 20.6. The summed E-state index contributed by atoms with van der Waals surface area (Å²) in [5.41, 5.74) is 6.16. The van der Waals surface area contributed by atoms with Crippen molar-refractivity contribution in [2.75, 3.05) is 50.7 Å². The fourth-order valence-electron chi connectivity index (χ4n) is 5.95. The molecule has 2 aliphatic heterocycles. The van der Waals surface area contributed by atoms with Gasteiger partial charge in [0.2, 0.25) is 5.95 Å². The van der Waals surface area contributed by atoms with E-state index in [2.05, 4.69) is 25.3 Å². The molecule has 0 aliphatic carbocycles. The topological polar surface area (TPSA) is 123 Å². The molecule has 3 N–H and O–H groups in total. The van der Waals surface area contributed by atoms with Crippen LogP contribution in [0.3, 0.4) is 0 Å². The number of pyridine rings is 1. The average Bonchev–Trinajstić information content (AvgIpc) is 3.36. The van der Waals surface area contributed by atoms with Gasteiger partial charge < -0.3 is 30.3 Å². The molecule has 3 atom stereocenters. The Bertz CT molecular complexity index is 1640. The van der Waals surface area contributed by atoms with Crippen molar-refractivity contribution in [3.05, 3.63) is 66.1 Å². The van der Waals surface area contributed by atoms with Gasteiger partial charge in [-0.05, 0) is 41.8 Å². The summed E-state index contributed by atoms with van der Waals surface area (Å²) in [5, 5.41) is 7.70. The van der Waals surface area contributed by atoms with Crippen LogP contribution in [0.1, 0.15) is 12.5 Å². The SMILES string of the molecule is COC(=O)N(C)C1C(C)CN(c2ccncc2Nc2ncc3ccc(-c4c(F)cc(C5(F)COC5)cc4F)nn23)CC1N. The van der Waals surface area contributed by atoms with Gasteiger partial charge in [-0.25, -0.2) is 22.9 Å². The van der Waals surface area contributed by atoms with Crippen LogP contribution in [-0.4, -0.2) is 83.1 Å². The van der Waals surface area contributed by atoms with Gasteiger partial charge >= 0.3 is 6.09 Å². The molecule has 226 valence electrons. The van der Waals surface area contributed by atoms with E-state index in [-0.39, 0.29) is 54.0 Å². The molecule has 2 fully saturated rings. The molecule has 0 radical (unpaired) electrons. The number of anilines is 3. The second kappa shape index (κ2) is 11.0. The number of likely N-dealkylation sites (N-methyl/N-ethyl adjacent to an activating group) is 1. The zero-order chi connectivity index (χ0) is 30.5. The van der Waals surface area contributed by atoms with Gasteiger partial charge in [0.1, 0.15) is 11.6 Å². The van der Waals surface area contributed by atoms with Crippen LogP contribution in [0.15, 0.2) is 48.9 Å². The van der Waals surface area contributed by atoms with E-state index in [0.29, 0.717) is 24.3 Å². The predicted octanol–water partition coefficient (Wildman–Crippen LogP) is 3.86. The van der Waals surface area contributed by atoms with Gasteiger partial charge in [-0.15, -0.1) is 0 Å². The lowest BCUT2D eigenvalue weighted by Crippen LogP contribution is -2.62. The monoisotopic (exact) mass is 596 g/mol. The fourth-order valence-corrected chi connectivity index (χ4v) is 5.95. The maximum atomic E-state index is 15.1. The van der Waals surface area contributed by atoms with Crippen LogP contribution in [-0.2, 0) is 15.1 Å². The largest absolute Gasteiger partial charge is 0.453 e. The minimum atomic E-state index is -1.91. The number of halogens is 3. The summed E-state index contributed by atoms with van der Waals surface area (Å²) in [7, 11) is 3.02. The average molecular weight is 597 g/mol. The highest BCUT2D eigenvalue weighted by molar-refractivity contribution is 5.74. The van der Waals surface area contributed by atoms with Crippen LogP contribution in [0, 0.1) is 17.6 Å². The Morgan fingerprint density at radius 1 is 1.19 bits per heavy atom. The summed E-state index contributed by atoms with van der Waals surface area (Å²) in [5.74, 6) is -1.55. The van der Waals surface area contributed by atoms with Gasteiger partial charge in [-0.3, -0.25) is 4.98 Å². The molecule has 2 saturated heterocycles. The van der Waals surface area contributed by atoms with E-state index in [1.54, 1.807) is 31.7 Å². The van der Waals surface area contributed by atoms with E-state index in [1.807, 2.05) is 13.0 Å². The molecule has 0 saturated carbocycles. The third-order valence-corrected chi connectivity index (χ3v) is 8.12. The summed E-state index contributed by atoms with van der Waals surface area (Å²) in [6, 6.07) is 6.36. The van der Waals surface area contributed by atoms with Crippen molar-refractivity contribution >= 4 is 28.9 Å². The molecule has 6 rings (SSSR count). The van der Waals surface area contributed by atoms with Crippen LogP contribution >= 0.6 is 0 Å². The number of nitrogens with zero attached hydrogens (tertiary/aromatic N) is 6. The van der Waals surface area contributed by atoms with Gasteiger partial charge in [-0.2, -0.15) is 9.61 Å². The van der Waals surface area contributed by atoms with Crippen molar-refractivity contribution in [3.8, 4) is 11.3 Å². The highest BCUT2D eigenvalue weighted by atomic mass is 19.1. The molecule has 1 aromatic carbocycles. The van der Waals surface area contributed by atoms with Crippen molar-refractivity contribution in [1.29, 1.82) is 0 Å². The maximum Gasteiger partial charge on any atom is 0.409 e. The Kier molecular flexibility index (Phi) is 7.34. The normalized spacial score (nSPS) is 21.4. The molecule has 0 spiro atoms. The molecule has 4 aromatic rings. The molecule has 2 aliphatic rings. The second-order valence-electron chi connectivity index (χ2n) is 11.0. The highest BCUT2D eigenvalue weighted by Gasteiger charge is 2.42. The molecule has 43 heavy (non-hydrogen) atoms. The van der Waals surface area contributed by atoms with Crippen molar-refractivity contribution in [3.63, 3.8) is 0 Å². The highest BCUT2D eigenvalue weighted by Crippen LogP contribution is 2.37. The number of rotatable bonds is 6. The number of alkyl halides is 1. The van der Waals surface area contributed by atoms with Crippen molar-refractivity contribution in [2.45, 2.75) is 24.7 Å². The number of piperidine rings is 1. The number of aromatic nitrogens is 4. The van der Waals surface area contributed by atoms with E-state index in [4.69, 9.17) is 15.2 Å². The lowest BCUT2D eigenvalue weighted by Gasteiger charge is -2.45. The standard InChI is InChI=1S/C29H31F3N8O3/c1-16-12-39(13-21(33)26(16)38(2)28(41)42-3)24-6-7-34-11-23(24)36-27-35-10-18-4-5-22(37-40(18)27)25-19(30)8-17(9-20(25)31)29(32)14-43-15-29/h4-11,16,21,26H,12-15,33H2,1-3H3,(H,35,36). The number of benzene rings is 1. The number of nitrogens with two attached hydrogens (primary N) is 1. The first-order valence-electron chi connectivity index (χ1n) is 13.7. The van der Waals surface area contributed by atoms with Crippen LogP contribution in [0.5, 0.6) is 0 Å². The van der Waals surface area contributed by atoms with Crippen molar-refractivity contribution in [1.82, 2.24) is 24.5 Å². The molecule has 5 heterocycles. The van der Waals surface area contributed by atoms with E-state index in [9.17, 15) is 9.18 Å². The van der Waals surface area contributed by atoms with Crippen LogP contribution in [0.2, 0.25) is 0 Å². The van der Waals surface area contributed by atoms with Gasteiger partial charge in [0.05, 0.1) is 66.9 Å². The molecule has 14 heteroatoms. The summed E-state index contributed by atoms with van der Waals surface area (Å²) >= 11 is 0. The Hall–Kier alpha value is -4.43. The Morgan fingerprint density at radius 2 is 1.93 bits per heavy atom. The first-order valence-corrected chi connectivity index (χ1v) is 13.7. The summed E-state index contributed by atoms with van der Waals surface area (Å²) in [6.07, 6.45) is 4.43. The summed E-state index contributed by atoms with van der Waals surface area (Å²) in [6.45, 7) is 2.59. The number of methoxy groups -OCH3 is 1. The minimum Gasteiger partial charge on any atom is -0.453 e. The molecule has 3 unspecified atom stereocenters. The smallest absolute Gasteiger partial charge is 0.409 e. The van der Waals surface area contributed by atoms with Crippen LogP contribution < -0.4 is 16.0 Å². The van der Waals surface area contributed by atoms with Gasteiger partial charge in [0, 0.05) is 32.4 Å². The number of amides is 1. The number of carbonyl (C=O) groups is 1. The number of hydrogen-bond acceptors (Lipinski definition) is 9. The Labute approximate surface area is 245 Å². The number of carbonyl (C=O) groups excluding carboxylic acids is 1. The molecule has 1 amide bonds. The third-order valence-electron chi connectivity index (χ3n) is 8.12. The van der Waals surface area contributed by atoms with Crippen molar-refractivity contribution in [2.24, 2.45) is 11.7 Å². The van der Waals surface area contributed by atoms with Crippen LogP contribution in [0.4, 0.5) is 35.3 Å². The lowest BCUT2D eigenvalue weighted by molar-refractivity contribution is -0.135. The second-order valence-corrected chi connectivity index (χ2v) is 11.0. The van der Waals surface area contributed by atoms with Gasteiger partial charge in [-0.1, -0.05) is 6.92 Å². The van der Waals surface area contributed by atoms with E-state index in [0.717, 1.165) is 17.8 Å². The van der Waals surface area contributed by atoms with Crippen molar-refractivity contribution < 1.29 is 27.4 Å². The maximum absolute atomic E-state index is 15.1.